The van der Waals surface area contributed by atoms with Crippen LogP contribution < -0.4 is 4.74 Å². The van der Waals surface area contributed by atoms with Crippen LogP contribution in [-0.2, 0) is 0 Å². The van der Waals surface area contributed by atoms with Crippen molar-refractivity contribution in [3.63, 3.8) is 0 Å². The lowest BCUT2D eigenvalue weighted by molar-refractivity contribution is 0.0984. The molecule has 2 nitrogen and oxygen atoms in total. The number of ketones is 1. The summed E-state index contributed by atoms with van der Waals surface area (Å²) in [5, 5.41) is 0. The summed E-state index contributed by atoms with van der Waals surface area (Å²) in [7, 11) is 1.60. The molecule has 2 heteroatoms. The van der Waals surface area contributed by atoms with Crippen LogP contribution in [0.25, 0.3) is 0 Å². The fraction of sp³-hybridized carbons (Fsp3) is 0.308. The molecule has 0 bridgehead atoms. The number of benzene rings is 1. The first-order chi connectivity index (χ1) is 7.27. The average molecular weight is 202 g/mol. The minimum Gasteiger partial charge on any atom is -0.497 e. The highest BCUT2D eigenvalue weighted by Crippen LogP contribution is 2.13. The molecular formula is C13H14O2. The Bertz CT molecular complexity index is 379. The first-order valence-corrected chi connectivity index (χ1v) is 4.84. The number of hydrogen-bond acceptors (Lipinski definition) is 2. The van der Waals surface area contributed by atoms with Crippen molar-refractivity contribution in [2.75, 3.05) is 7.11 Å². The summed E-state index contributed by atoms with van der Waals surface area (Å²) in [4.78, 5) is 11.6. The minimum absolute atomic E-state index is 0.125. The molecule has 78 valence electrons. The summed E-state index contributed by atoms with van der Waals surface area (Å²) in [6, 6.07) is 7.14. The zero-order valence-electron chi connectivity index (χ0n) is 9.04. The molecule has 0 atom stereocenters. The second-order valence-electron chi connectivity index (χ2n) is 3.08. The Morgan fingerprint density at radius 2 is 2.00 bits per heavy atom. The fourth-order valence-corrected chi connectivity index (χ4v) is 1.22. The van der Waals surface area contributed by atoms with E-state index >= 15 is 0 Å². The molecular weight excluding hydrogens is 188 g/mol. The SMILES string of the molecule is CC#CCCC(=O)c1ccc(OC)cc1. The molecule has 0 radical (unpaired) electrons. The molecule has 0 aromatic heterocycles. The number of carbonyl (C=O) groups excluding carboxylic acids is 1. The number of rotatable bonds is 4. The van der Waals surface area contributed by atoms with Gasteiger partial charge >= 0.3 is 0 Å². The Labute approximate surface area is 90.3 Å². The van der Waals surface area contributed by atoms with Crippen molar-refractivity contribution < 1.29 is 9.53 Å². The van der Waals surface area contributed by atoms with E-state index in [0.717, 1.165) is 5.75 Å². The molecule has 15 heavy (non-hydrogen) atoms. The van der Waals surface area contributed by atoms with Gasteiger partial charge in [0.05, 0.1) is 7.11 Å². The Morgan fingerprint density at radius 1 is 1.33 bits per heavy atom. The number of carbonyl (C=O) groups is 1. The molecule has 0 aliphatic rings. The van der Waals surface area contributed by atoms with E-state index in [0.29, 0.717) is 18.4 Å². The van der Waals surface area contributed by atoms with Crippen LogP contribution in [0.2, 0.25) is 0 Å². The van der Waals surface area contributed by atoms with E-state index in [1.807, 2.05) is 0 Å². The smallest absolute Gasteiger partial charge is 0.163 e. The van der Waals surface area contributed by atoms with Gasteiger partial charge in [0.15, 0.2) is 5.78 Å². The van der Waals surface area contributed by atoms with Crippen molar-refractivity contribution in [1.82, 2.24) is 0 Å². The lowest BCUT2D eigenvalue weighted by Gasteiger charge is -2.01. The average Bonchev–Trinajstić information content (AvgIpc) is 2.29. The van der Waals surface area contributed by atoms with Gasteiger partial charge in [0.25, 0.3) is 0 Å². The van der Waals surface area contributed by atoms with Gasteiger partial charge in [0.2, 0.25) is 0 Å². The molecule has 0 fully saturated rings. The third-order valence-corrected chi connectivity index (χ3v) is 2.07. The van der Waals surface area contributed by atoms with E-state index in [1.165, 1.54) is 0 Å². The van der Waals surface area contributed by atoms with E-state index in [4.69, 9.17) is 4.74 Å². The van der Waals surface area contributed by atoms with E-state index in [9.17, 15) is 4.79 Å². The molecule has 0 aliphatic carbocycles. The summed E-state index contributed by atoms with van der Waals surface area (Å²) in [5.41, 5.74) is 0.716. The third-order valence-electron chi connectivity index (χ3n) is 2.07. The standard InChI is InChI=1S/C13H14O2/c1-3-4-5-6-13(14)11-7-9-12(15-2)10-8-11/h7-10H,5-6H2,1-2H3. The Hall–Kier alpha value is -1.75. The monoisotopic (exact) mass is 202 g/mol. The Morgan fingerprint density at radius 3 is 2.53 bits per heavy atom. The number of methoxy groups -OCH3 is 1. The number of hydrogen-bond donors (Lipinski definition) is 0. The molecule has 0 aliphatic heterocycles. The molecule has 0 heterocycles. The molecule has 0 amide bonds. The van der Waals surface area contributed by atoms with Gasteiger partial charge in [-0.3, -0.25) is 4.79 Å². The molecule has 0 saturated carbocycles. The molecule has 0 saturated heterocycles. The van der Waals surface area contributed by atoms with Crippen LogP contribution in [0, 0.1) is 11.8 Å². The predicted octanol–water partition coefficient (Wildman–Crippen LogP) is 2.68. The largest absolute Gasteiger partial charge is 0.497 e. The van der Waals surface area contributed by atoms with E-state index in [2.05, 4.69) is 11.8 Å². The maximum absolute atomic E-state index is 11.6. The fourth-order valence-electron chi connectivity index (χ4n) is 1.22. The van der Waals surface area contributed by atoms with Crippen LogP contribution in [-0.4, -0.2) is 12.9 Å². The zero-order chi connectivity index (χ0) is 11.1. The van der Waals surface area contributed by atoms with Gasteiger partial charge in [0.1, 0.15) is 5.75 Å². The van der Waals surface area contributed by atoms with Gasteiger partial charge in [-0.15, -0.1) is 11.8 Å². The van der Waals surface area contributed by atoms with Gasteiger partial charge in [-0.1, -0.05) is 0 Å². The van der Waals surface area contributed by atoms with Crippen LogP contribution in [0.15, 0.2) is 24.3 Å². The van der Waals surface area contributed by atoms with Gasteiger partial charge in [0, 0.05) is 18.4 Å². The van der Waals surface area contributed by atoms with Crippen molar-refractivity contribution >= 4 is 5.78 Å². The maximum atomic E-state index is 11.6. The molecule has 1 aromatic rings. The van der Waals surface area contributed by atoms with Crippen LogP contribution in [0.1, 0.15) is 30.1 Å². The van der Waals surface area contributed by atoms with Crippen molar-refractivity contribution in [2.24, 2.45) is 0 Å². The van der Waals surface area contributed by atoms with Gasteiger partial charge < -0.3 is 4.74 Å². The lowest BCUT2D eigenvalue weighted by atomic mass is 10.1. The van der Waals surface area contributed by atoms with Gasteiger partial charge in [-0.25, -0.2) is 0 Å². The lowest BCUT2D eigenvalue weighted by Crippen LogP contribution is -1.98. The Balaban J connectivity index is 2.60. The first-order valence-electron chi connectivity index (χ1n) is 4.84. The van der Waals surface area contributed by atoms with Gasteiger partial charge in [-0.05, 0) is 31.2 Å². The van der Waals surface area contributed by atoms with E-state index in [-0.39, 0.29) is 5.78 Å². The third kappa shape index (κ3) is 3.47. The number of Topliss-reactive ketones (excluding diaryl/α,β-unsaturated/α-hetero) is 1. The van der Waals surface area contributed by atoms with Crippen molar-refractivity contribution in [3.05, 3.63) is 29.8 Å². The molecule has 1 rings (SSSR count). The molecule has 0 spiro atoms. The quantitative estimate of drug-likeness (QED) is 0.554. The topological polar surface area (TPSA) is 26.3 Å². The summed E-state index contributed by atoms with van der Waals surface area (Å²) in [6.07, 6.45) is 1.11. The second-order valence-corrected chi connectivity index (χ2v) is 3.08. The van der Waals surface area contributed by atoms with Crippen molar-refractivity contribution in [2.45, 2.75) is 19.8 Å². The summed E-state index contributed by atoms with van der Waals surface area (Å²) >= 11 is 0. The van der Waals surface area contributed by atoms with Crippen LogP contribution in [0.4, 0.5) is 0 Å². The highest BCUT2D eigenvalue weighted by atomic mass is 16.5. The summed E-state index contributed by atoms with van der Waals surface area (Å²) in [6.45, 7) is 1.78. The van der Waals surface area contributed by atoms with E-state index in [1.54, 1.807) is 38.3 Å². The van der Waals surface area contributed by atoms with Crippen LogP contribution in [0.5, 0.6) is 5.75 Å². The first kappa shape index (κ1) is 11.3. The Kier molecular flexibility index (Phi) is 4.43. The van der Waals surface area contributed by atoms with Crippen LogP contribution in [0.3, 0.4) is 0 Å². The second kappa shape index (κ2) is 5.87. The van der Waals surface area contributed by atoms with Crippen molar-refractivity contribution in [3.8, 4) is 17.6 Å². The number of ether oxygens (including phenoxy) is 1. The zero-order valence-corrected chi connectivity index (χ0v) is 9.04. The molecule has 0 unspecified atom stereocenters. The molecule has 1 aromatic carbocycles. The normalized spacial score (nSPS) is 8.93. The van der Waals surface area contributed by atoms with Gasteiger partial charge in [-0.2, -0.15) is 0 Å². The van der Waals surface area contributed by atoms with Crippen LogP contribution >= 0.6 is 0 Å². The highest BCUT2D eigenvalue weighted by Gasteiger charge is 2.04. The minimum atomic E-state index is 0.125. The summed E-state index contributed by atoms with van der Waals surface area (Å²) in [5.74, 6) is 6.54. The highest BCUT2D eigenvalue weighted by molar-refractivity contribution is 5.96. The predicted molar refractivity (Wildman–Crippen MR) is 60.0 cm³/mol. The molecule has 0 N–H and O–H groups in total. The van der Waals surface area contributed by atoms with E-state index < -0.39 is 0 Å². The maximum Gasteiger partial charge on any atom is 0.163 e. The summed E-state index contributed by atoms with van der Waals surface area (Å²) < 4.78 is 5.01. The van der Waals surface area contributed by atoms with Crippen molar-refractivity contribution in [1.29, 1.82) is 0 Å².